The predicted molar refractivity (Wildman–Crippen MR) is 135 cm³/mol. The van der Waals surface area contributed by atoms with Crippen LogP contribution in [0.1, 0.15) is 25.8 Å². The molecule has 0 spiro atoms. The molecule has 0 saturated carbocycles. The minimum Gasteiger partial charge on any atom is -0.490 e. The van der Waals surface area contributed by atoms with E-state index in [4.69, 9.17) is 65.5 Å². The van der Waals surface area contributed by atoms with Crippen LogP contribution >= 0.6 is 46.4 Å². The molecule has 1 aromatic carbocycles. The van der Waals surface area contributed by atoms with E-state index >= 15 is 0 Å². The van der Waals surface area contributed by atoms with Crippen LogP contribution < -0.4 is 14.2 Å². The molecule has 1 aromatic heterocycles. The summed E-state index contributed by atoms with van der Waals surface area (Å²) in [5, 5.41) is 4.61. The smallest absolute Gasteiger partial charge is 0.213 e. The molecule has 1 heterocycles. The third-order valence-electron chi connectivity index (χ3n) is 3.93. The Bertz CT molecular complexity index is 894. The fraction of sp³-hybridized carbons (Fsp3) is 0.391. The van der Waals surface area contributed by atoms with E-state index in [1.54, 1.807) is 24.5 Å². The second-order valence-corrected chi connectivity index (χ2v) is 9.08. The number of aromatic nitrogens is 1. The van der Waals surface area contributed by atoms with Crippen LogP contribution in [-0.4, -0.2) is 37.6 Å². The minimum atomic E-state index is 0.123. The lowest BCUT2D eigenvalue weighted by molar-refractivity contribution is 0.119. The van der Waals surface area contributed by atoms with Gasteiger partial charge >= 0.3 is 0 Å². The van der Waals surface area contributed by atoms with Gasteiger partial charge in [-0.15, -0.1) is 0 Å². The van der Waals surface area contributed by atoms with Crippen molar-refractivity contribution in [3.63, 3.8) is 0 Å². The van der Waals surface area contributed by atoms with Gasteiger partial charge in [0, 0.05) is 43.5 Å². The molecule has 0 unspecified atom stereocenters. The summed E-state index contributed by atoms with van der Waals surface area (Å²) in [7, 11) is 0. The van der Waals surface area contributed by atoms with Crippen LogP contribution in [0.3, 0.4) is 0 Å². The highest BCUT2D eigenvalue weighted by Gasteiger charge is 2.11. The molecule has 0 aliphatic carbocycles. The van der Waals surface area contributed by atoms with Gasteiger partial charge in [-0.25, -0.2) is 4.98 Å². The van der Waals surface area contributed by atoms with Gasteiger partial charge in [-0.3, -0.25) is 0 Å². The molecular formula is C23H26Cl4N2O4. The number of rotatable bonds is 14. The molecule has 0 aliphatic heterocycles. The first-order valence-electron chi connectivity index (χ1n) is 10.3. The van der Waals surface area contributed by atoms with E-state index in [0.717, 1.165) is 5.56 Å². The van der Waals surface area contributed by atoms with Crippen molar-refractivity contribution < 1.29 is 19.0 Å². The number of hydrogen-bond acceptors (Lipinski definition) is 6. The number of hydrogen-bond donors (Lipinski definition) is 0. The lowest BCUT2D eigenvalue weighted by Crippen LogP contribution is -2.06. The first kappa shape index (κ1) is 27.4. The summed E-state index contributed by atoms with van der Waals surface area (Å²) in [4.78, 5) is 9.46. The number of benzene rings is 1. The van der Waals surface area contributed by atoms with Crippen molar-refractivity contribution in [3.8, 4) is 17.4 Å². The Labute approximate surface area is 214 Å². The van der Waals surface area contributed by atoms with Crippen LogP contribution in [-0.2, 0) is 11.3 Å². The normalized spacial score (nSPS) is 11.0. The fourth-order valence-corrected chi connectivity index (χ4v) is 3.08. The molecule has 0 N–H and O–H groups in total. The van der Waals surface area contributed by atoms with Gasteiger partial charge in [0.05, 0.1) is 23.3 Å². The van der Waals surface area contributed by atoms with Gasteiger partial charge in [-0.05, 0) is 17.6 Å². The van der Waals surface area contributed by atoms with E-state index in [1.165, 1.54) is 6.08 Å². The minimum absolute atomic E-state index is 0.123. The highest BCUT2D eigenvalue weighted by Crippen LogP contribution is 2.37. The summed E-state index contributed by atoms with van der Waals surface area (Å²) >= 11 is 23.6. The van der Waals surface area contributed by atoms with Crippen molar-refractivity contribution in [2.45, 2.75) is 26.7 Å². The lowest BCUT2D eigenvalue weighted by atomic mass is 10.2. The Hall–Kier alpha value is -1.86. The summed E-state index contributed by atoms with van der Waals surface area (Å²) in [5.74, 6) is 1.85. The van der Waals surface area contributed by atoms with Crippen molar-refractivity contribution >= 4 is 52.6 Å². The average Bonchev–Trinajstić information content (AvgIpc) is 2.75. The van der Waals surface area contributed by atoms with E-state index in [0.29, 0.717) is 66.0 Å². The molecule has 0 radical (unpaired) electrons. The number of oxime groups is 1. The topological polar surface area (TPSA) is 62.2 Å². The zero-order chi connectivity index (χ0) is 24.1. The van der Waals surface area contributed by atoms with E-state index in [9.17, 15) is 0 Å². The average molecular weight is 536 g/mol. The second-order valence-electron chi connectivity index (χ2n) is 7.26. The zero-order valence-corrected chi connectivity index (χ0v) is 21.4. The Morgan fingerprint density at radius 2 is 1.79 bits per heavy atom. The van der Waals surface area contributed by atoms with Gasteiger partial charge in [-0.2, -0.15) is 0 Å². The molecule has 2 rings (SSSR count). The summed E-state index contributed by atoms with van der Waals surface area (Å²) in [6.07, 6.45) is 6.24. The molecule has 6 nitrogen and oxygen atoms in total. The van der Waals surface area contributed by atoms with E-state index < -0.39 is 0 Å². The molecule has 180 valence electrons. The molecule has 0 fully saturated rings. The Morgan fingerprint density at radius 1 is 1.06 bits per heavy atom. The van der Waals surface area contributed by atoms with Crippen LogP contribution in [0.25, 0.3) is 0 Å². The molecule has 0 aliphatic rings. The fourth-order valence-electron chi connectivity index (χ4n) is 2.37. The summed E-state index contributed by atoms with van der Waals surface area (Å²) < 4.78 is 16.9. The standard InChI is InChI=1S/C23H26Cl4N2O4/c1-16(2)15-33-29-8-6-17-4-5-22(28-14-17)31-9-3-10-32-23-19(24)12-18(13-20(23)25)30-11-7-21(26)27/h4-5,7-8,12-14,16H,3,6,9-11,15H2,1-2H3. The van der Waals surface area contributed by atoms with Crippen molar-refractivity contribution in [1.82, 2.24) is 4.98 Å². The Balaban J connectivity index is 1.70. The van der Waals surface area contributed by atoms with Gasteiger partial charge in [0.25, 0.3) is 0 Å². The van der Waals surface area contributed by atoms with Crippen LogP contribution in [0.15, 0.2) is 46.2 Å². The summed E-state index contributed by atoms with van der Waals surface area (Å²) in [6, 6.07) is 6.98. The molecule has 2 aromatic rings. The SMILES string of the molecule is CC(C)CON=CCc1ccc(OCCCOc2c(Cl)cc(OCC=C(Cl)Cl)cc2Cl)nc1. The number of nitrogens with zero attached hydrogens (tertiary/aromatic N) is 2. The van der Waals surface area contributed by atoms with Crippen LogP contribution in [0.4, 0.5) is 0 Å². The van der Waals surface area contributed by atoms with Crippen LogP contribution in [0.2, 0.25) is 10.0 Å². The van der Waals surface area contributed by atoms with Gasteiger partial charge < -0.3 is 19.0 Å². The summed E-state index contributed by atoms with van der Waals surface area (Å²) in [6.45, 7) is 5.74. The molecule has 0 bridgehead atoms. The van der Waals surface area contributed by atoms with Crippen molar-refractivity contribution in [2.24, 2.45) is 11.1 Å². The van der Waals surface area contributed by atoms with Gasteiger partial charge in [0.15, 0.2) is 5.75 Å². The second kappa shape index (κ2) is 15.1. The predicted octanol–water partition coefficient (Wildman–Crippen LogP) is 7.14. The zero-order valence-electron chi connectivity index (χ0n) is 18.4. The maximum absolute atomic E-state index is 6.25. The molecule has 33 heavy (non-hydrogen) atoms. The largest absolute Gasteiger partial charge is 0.490 e. The molecule has 10 heteroatoms. The van der Waals surface area contributed by atoms with E-state index in [2.05, 4.69) is 24.0 Å². The maximum Gasteiger partial charge on any atom is 0.213 e. The maximum atomic E-state index is 6.25. The van der Waals surface area contributed by atoms with Gasteiger partial charge in [0.1, 0.15) is 23.5 Å². The first-order valence-corrected chi connectivity index (χ1v) is 11.8. The number of pyridine rings is 1. The third-order valence-corrected chi connectivity index (χ3v) is 4.80. The first-order chi connectivity index (χ1) is 15.8. The quantitative estimate of drug-likeness (QED) is 0.146. The monoisotopic (exact) mass is 534 g/mol. The van der Waals surface area contributed by atoms with Gasteiger partial charge in [-0.1, -0.05) is 71.5 Å². The molecule has 0 atom stereocenters. The number of halogens is 4. The Morgan fingerprint density at radius 3 is 2.42 bits per heavy atom. The number of ether oxygens (including phenoxy) is 3. The van der Waals surface area contributed by atoms with Crippen LogP contribution in [0.5, 0.6) is 17.4 Å². The van der Waals surface area contributed by atoms with E-state index in [1.807, 2.05) is 12.1 Å². The molecular weight excluding hydrogens is 510 g/mol. The van der Waals surface area contributed by atoms with Crippen LogP contribution in [0, 0.1) is 5.92 Å². The van der Waals surface area contributed by atoms with Crippen molar-refractivity contribution in [3.05, 3.63) is 56.6 Å². The van der Waals surface area contributed by atoms with Crippen molar-refractivity contribution in [2.75, 3.05) is 26.4 Å². The molecule has 0 saturated heterocycles. The van der Waals surface area contributed by atoms with Gasteiger partial charge in [0.2, 0.25) is 5.88 Å². The summed E-state index contributed by atoms with van der Waals surface area (Å²) in [5.41, 5.74) is 1.01. The van der Waals surface area contributed by atoms with Crippen molar-refractivity contribution in [1.29, 1.82) is 0 Å². The molecule has 0 amide bonds. The lowest BCUT2D eigenvalue weighted by Gasteiger charge is -2.12. The highest BCUT2D eigenvalue weighted by atomic mass is 35.5. The Kier molecular flexibility index (Phi) is 12.5. The highest BCUT2D eigenvalue weighted by molar-refractivity contribution is 6.55. The third kappa shape index (κ3) is 11.2. The van der Waals surface area contributed by atoms with E-state index in [-0.39, 0.29) is 11.1 Å².